The van der Waals surface area contributed by atoms with Crippen LogP contribution >= 0.6 is 7.82 Å². The van der Waals surface area contributed by atoms with Crippen molar-refractivity contribution in [2.45, 2.75) is 136 Å². The van der Waals surface area contributed by atoms with Gasteiger partial charge in [0.1, 0.15) is 6.61 Å². The van der Waals surface area contributed by atoms with Crippen LogP contribution in [0.5, 0.6) is 0 Å². The average molecular weight is 734 g/mol. The molecule has 0 aromatic heterocycles. The third kappa shape index (κ3) is 36.8. The van der Waals surface area contributed by atoms with Crippen molar-refractivity contribution in [3.63, 3.8) is 0 Å². The Balaban J connectivity index is 4.39. The van der Waals surface area contributed by atoms with Crippen LogP contribution in [0.2, 0.25) is 0 Å². The van der Waals surface area contributed by atoms with Crippen molar-refractivity contribution >= 4 is 19.8 Å². The highest BCUT2D eigenvalue weighted by Crippen LogP contribution is 2.43. The van der Waals surface area contributed by atoms with Gasteiger partial charge in [0.15, 0.2) is 6.10 Å². The van der Waals surface area contributed by atoms with E-state index in [-0.39, 0.29) is 32.6 Å². The molecule has 0 aromatic rings. The summed E-state index contributed by atoms with van der Waals surface area (Å²) < 4.78 is 32.5. The Morgan fingerprint density at radius 3 is 1.69 bits per heavy atom. The van der Waals surface area contributed by atoms with Crippen molar-refractivity contribution in [3.05, 3.63) is 85.1 Å². The molecule has 0 aliphatic heterocycles. The molecule has 0 aliphatic carbocycles. The van der Waals surface area contributed by atoms with E-state index in [2.05, 4.69) is 86.8 Å². The molecular formula is C41H68NO8P. The minimum absolute atomic E-state index is 0.0363. The first-order valence-corrected chi connectivity index (χ1v) is 20.6. The molecule has 9 nitrogen and oxygen atoms in total. The molecule has 0 spiro atoms. The molecule has 0 radical (unpaired) electrons. The lowest BCUT2D eigenvalue weighted by Crippen LogP contribution is -2.29. The van der Waals surface area contributed by atoms with E-state index in [9.17, 15) is 19.0 Å². The fourth-order valence-electron chi connectivity index (χ4n) is 4.46. The van der Waals surface area contributed by atoms with E-state index in [1.807, 2.05) is 12.2 Å². The Labute approximate surface area is 309 Å². The molecule has 3 N–H and O–H groups in total. The second-order valence-electron chi connectivity index (χ2n) is 12.1. The van der Waals surface area contributed by atoms with E-state index in [4.69, 9.17) is 24.3 Å². The number of phosphoric ester groups is 1. The van der Waals surface area contributed by atoms with E-state index >= 15 is 0 Å². The topological polar surface area (TPSA) is 134 Å². The highest BCUT2D eigenvalue weighted by Gasteiger charge is 2.25. The summed E-state index contributed by atoms with van der Waals surface area (Å²) in [5, 5.41) is 0. The van der Waals surface area contributed by atoms with Gasteiger partial charge in [-0.2, -0.15) is 0 Å². The van der Waals surface area contributed by atoms with Crippen LogP contribution in [0.1, 0.15) is 129 Å². The third-order valence-electron chi connectivity index (χ3n) is 7.28. The van der Waals surface area contributed by atoms with E-state index in [0.717, 1.165) is 77.0 Å². The Morgan fingerprint density at radius 2 is 1.12 bits per heavy atom. The predicted molar refractivity (Wildman–Crippen MR) is 210 cm³/mol. The van der Waals surface area contributed by atoms with Crippen LogP contribution in [0.4, 0.5) is 0 Å². The number of hydrogen-bond acceptors (Lipinski definition) is 8. The van der Waals surface area contributed by atoms with Gasteiger partial charge < -0.3 is 20.1 Å². The van der Waals surface area contributed by atoms with Crippen molar-refractivity contribution in [3.8, 4) is 0 Å². The number of esters is 2. The number of rotatable bonds is 34. The minimum Gasteiger partial charge on any atom is -0.462 e. The predicted octanol–water partition coefficient (Wildman–Crippen LogP) is 10.5. The summed E-state index contributed by atoms with van der Waals surface area (Å²) in [6.45, 7) is 3.44. The lowest BCUT2D eigenvalue weighted by molar-refractivity contribution is -0.161. The third-order valence-corrected chi connectivity index (χ3v) is 8.26. The quantitative estimate of drug-likeness (QED) is 0.0287. The van der Waals surface area contributed by atoms with E-state index in [1.165, 1.54) is 12.8 Å². The van der Waals surface area contributed by atoms with E-state index < -0.39 is 32.5 Å². The van der Waals surface area contributed by atoms with Gasteiger partial charge >= 0.3 is 19.8 Å². The standard InChI is InChI=1S/C41H68NO8P/c1-3-5-7-9-11-13-15-16-17-18-19-20-21-22-24-26-28-30-32-34-41(44)50-39(38-49-51(45,46)48-36-35-42)37-47-40(43)33-31-29-27-25-23-14-12-10-8-6-4-2/h5,7,10-13,16-17,19-20,22,24,28,30,39H,3-4,6,8-9,14-15,18,21,23,25-27,29,31-38,42H2,1-2H3,(H,45,46)/b7-5-,12-10-,13-11-,17-16-,20-19-,24-22-,30-28-/t39-/m1/s1. The molecule has 0 amide bonds. The number of carbonyl (C=O) groups excluding carboxylic acids is 2. The van der Waals surface area contributed by atoms with Crippen LogP contribution < -0.4 is 5.73 Å². The Bertz CT molecular complexity index is 1110. The number of hydrogen-bond donors (Lipinski definition) is 2. The molecule has 0 fully saturated rings. The largest absolute Gasteiger partial charge is 0.472 e. The molecule has 0 saturated carbocycles. The van der Waals surface area contributed by atoms with Gasteiger partial charge in [0, 0.05) is 19.4 Å². The number of ether oxygens (including phenoxy) is 2. The van der Waals surface area contributed by atoms with Crippen molar-refractivity contribution in [2.24, 2.45) is 5.73 Å². The fourth-order valence-corrected chi connectivity index (χ4v) is 5.23. The molecule has 0 rings (SSSR count). The number of nitrogens with two attached hydrogens (primary N) is 1. The zero-order valence-electron chi connectivity index (χ0n) is 31.5. The summed E-state index contributed by atoms with van der Waals surface area (Å²) in [7, 11) is -4.40. The van der Waals surface area contributed by atoms with Gasteiger partial charge in [-0.05, 0) is 70.6 Å². The van der Waals surface area contributed by atoms with Gasteiger partial charge in [0.2, 0.25) is 0 Å². The van der Waals surface area contributed by atoms with Crippen LogP contribution in [-0.2, 0) is 32.7 Å². The second kappa shape index (κ2) is 37.0. The van der Waals surface area contributed by atoms with E-state index in [0.29, 0.717) is 12.8 Å². The first-order valence-electron chi connectivity index (χ1n) is 19.1. The van der Waals surface area contributed by atoms with Crippen LogP contribution in [0.15, 0.2) is 85.1 Å². The Kier molecular flexibility index (Phi) is 34.9. The molecule has 0 heterocycles. The Morgan fingerprint density at radius 1 is 0.608 bits per heavy atom. The fraction of sp³-hybridized carbons (Fsp3) is 0.610. The maximum absolute atomic E-state index is 12.5. The molecule has 2 atom stereocenters. The monoisotopic (exact) mass is 733 g/mol. The van der Waals surface area contributed by atoms with Crippen LogP contribution in [-0.4, -0.2) is 49.3 Å². The van der Waals surface area contributed by atoms with Gasteiger partial charge in [0.25, 0.3) is 0 Å². The average Bonchev–Trinajstić information content (AvgIpc) is 3.11. The summed E-state index contributed by atoms with van der Waals surface area (Å²) in [5.41, 5.74) is 5.32. The number of carbonyl (C=O) groups is 2. The van der Waals surface area contributed by atoms with Crippen molar-refractivity contribution in [1.29, 1.82) is 0 Å². The van der Waals surface area contributed by atoms with Crippen LogP contribution in [0.25, 0.3) is 0 Å². The molecule has 0 aromatic carbocycles. The maximum atomic E-state index is 12.5. The zero-order chi connectivity index (χ0) is 37.5. The smallest absolute Gasteiger partial charge is 0.462 e. The van der Waals surface area contributed by atoms with Crippen molar-refractivity contribution in [1.82, 2.24) is 0 Å². The normalized spacial score (nSPS) is 14.4. The van der Waals surface area contributed by atoms with Gasteiger partial charge in [-0.15, -0.1) is 0 Å². The number of allylic oxidation sites excluding steroid dienone is 14. The number of phosphoric acid groups is 1. The van der Waals surface area contributed by atoms with Gasteiger partial charge in [-0.3, -0.25) is 18.6 Å². The molecule has 10 heteroatoms. The zero-order valence-corrected chi connectivity index (χ0v) is 32.4. The van der Waals surface area contributed by atoms with Crippen molar-refractivity contribution in [2.75, 3.05) is 26.4 Å². The molecular weight excluding hydrogens is 665 g/mol. The van der Waals surface area contributed by atoms with Gasteiger partial charge in [-0.1, -0.05) is 131 Å². The maximum Gasteiger partial charge on any atom is 0.472 e. The molecule has 51 heavy (non-hydrogen) atoms. The molecule has 0 aliphatic rings. The summed E-state index contributed by atoms with van der Waals surface area (Å²) in [4.78, 5) is 34.6. The molecule has 0 bridgehead atoms. The van der Waals surface area contributed by atoms with Gasteiger partial charge in [-0.25, -0.2) is 4.57 Å². The number of unbranched alkanes of at least 4 members (excludes halogenated alkanes) is 7. The molecule has 0 saturated heterocycles. The summed E-state index contributed by atoms with van der Waals surface area (Å²) in [5.74, 6) is -0.950. The second-order valence-corrected chi connectivity index (χ2v) is 13.5. The molecule has 1 unspecified atom stereocenters. The first kappa shape index (κ1) is 48.2. The van der Waals surface area contributed by atoms with Crippen molar-refractivity contribution < 1.29 is 37.6 Å². The van der Waals surface area contributed by atoms with Crippen LogP contribution in [0.3, 0.4) is 0 Å². The summed E-state index contributed by atoms with van der Waals surface area (Å²) >= 11 is 0. The van der Waals surface area contributed by atoms with Crippen LogP contribution in [0, 0.1) is 0 Å². The lowest BCUT2D eigenvalue weighted by atomic mass is 10.1. The molecule has 290 valence electrons. The lowest BCUT2D eigenvalue weighted by Gasteiger charge is -2.19. The summed E-state index contributed by atoms with van der Waals surface area (Å²) in [6.07, 6.45) is 44.9. The SMILES string of the molecule is CC/C=C\C/C=C\C/C=C\C/C=C\C/C=C\C/C=C\CCC(=O)O[C@H](COC(=O)CCCCCCC/C=C\CCCC)COP(=O)(O)OCCN. The highest BCUT2D eigenvalue weighted by molar-refractivity contribution is 7.47. The Hall–Kier alpha value is -2.81. The van der Waals surface area contributed by atoms with E-state index in [1.54, 1.807) is 0 Å². The highest BCUT2D eigenvalue weighted by atomic mass is 31.2. The minimum atomic E-state index is -4.40. The summed E-state index contributed by atoms with van der Waals surface area (Å²) in [6, 6.07) is 0. The first-order chi connectivity index (χ1) is 24.8. The van der Waals surface area contributed by atoms with Gasteiger partial charge in [0.05, 0.1) is 13.2 Å².